The summed E-state index contributed by atoms with van der Waals surface area (Å²) in [7, 11) is 0. The molecule has 1 fully saturated rings. The highest BCUT2D eigenvalue weighted by molar-refractivity contribution is 5.10. The molecule has 1 rings (SSSR count). The van der Waals surface area contributed by atoms with Gasteiger partial charge in [-0.1, -0.05) is 76.2 Å². The van der Waals surface area contributed by atoms with Gasteiger partial charge in [-0.05, 0) is 37.8 Å². The van der Waals surface area contributed by atoms with Crippen LogP contribution in [0.5, 0.6) is 0 Å². The SMILES string of the molecule is CCCCC#C[C@H](CCCCCCCCC)N1CCC[C@H]1CN=[N+]=[N-]. The van der Waals surface area contributed by atoms with Gasteiger partial charge in [0.1, 0.15) is 0 Å². The Morgan fingerprint density at radius 1 is 1.08 bits per heavy atom. The first-order valence-electron chi connectivity index (χ1n) is 10.6. The van der Waals surface area contributed by atoms with Crippen molar-refractivity contribution in [3.63, 3.8) is 0 Å². The van der Waals surface area contributed by atoms with Crippen molar-refractivity contribution in [2.75, 3.05) is 13.1 Å². The summed E-state index contributed by atoms with van der Waals surface area (Å²) in [6.45, 7) is 6.19. The van der Waals surface area contributed by atoms with E-state index in [-0.39, 0.29) is 0 Å². The second-order valence-electron chi connectivity index (χ2n) is 7.30. The van der Waals surface area contributed by atoms with Gasteiger partial charge < -0.3 is 0 Å². The number of azide groups is 1. The minimum absolute atomic E-state index is 0.355. The Morgan fingerprint density at radius 3 is 2.52 bits per heavy atom. The topological polar surface area (TPSA) is 52.0 Å². The van der Waals surface area contributed by atoms with E-state index < -0.39 is 0 Å². The molecule has 4 nitrogen and oxygen atoms in total. The second-order valence-corrected chi connectivity index (χ2v) is 7.30. The first-order chi connectivity index (χ1) is 12.3. The lowest BCUT2D eigenvalue weighted by molar-refractivity contribution is 0.209. The maximum Gasteiger partial charge on any atom is 0.0716 e. The third-order valence-corrected chi connectivity index (χ3v) is 5.18. The van der Waals surface area contributed by atoms with Gasteiger partial charge in [-0.3, -0.25) is 4.90 Å². The van der Waals surface area contributed by atoms with E-state index in [1.165, 1.54) is 70.6 Å². The van der Waals surface area contributed by atoms with E-state index in [2.05, 4.69) is 40.6 Å². The van der Waals surface area contributed by atoms with Crippen LogP contribution in [0.1, 0.15) is 97.3 Å². The van der Waals surface area contributed by atoms with Crippen molar-refractivity contribution in [1.82, 2.24) is 4.90 Å². The highest BCUT2D eigenvalue weighted by atomic mass is 15.2. The minimum Gasteiger partial charge on any atom is -0.287 e. The van der Waals surface area contributed by atoms with Crippen molar-refractivity contribution < 1.29 is 0 Å². The van der Waals surface area contributed by atoms with Gasteiger partial charge in [0.15, 0.2) is 0 Å². The molecule has 0 bridgehead atoms. The highest BCUT2D eigenvalue weighted by Crippen LogP contribution is 2.23. The lowest BCUT2D eigenvalue weighted by Gasteiger charge is -2.29. The van der Waals surface area contributed by atoms with Crippen LogP contribution in [0.3, 0.4) is 0 Å². The molecule has 0 unspecified atom stereocenters. The van der Waals surface area contributed by atoms with E-state index in [1.807, 2.05) is 0 Å². The van der Waals surface area contributed by atoms with Gasteiger partial charge in [0.05, 0.1) is 6.04 Å². The lowest BCUT2D eigenvalue weighted by atomic mass is 10.0. The third kappa shape index (κ3) is 9.78. The molecule has 0 aromatic heterocycles. The van der Waals surface area contributed by atoms with Gasteiger partial charge in [-0.15, -0.1) is 5.92 Å². The van der Waals surface area contributed by atoms with Crippen LogP contribution < -0.4 is 0 Å². The summed E-state index contributed by atoms with van der Waals surface area (Å²) in [4.78, 5) is 5.47. The van der Waals surface area contributed by atoms with E-state index in [9.17, 15) is 0 Å². The Morgan fingerprint density at radius 2 is 1.80 bits per heavy atom. The molecule has 0 saturated carbocycles. The van der Waals surface area contributed by atoms with Crippen LogP contribution in [0.25, 0.3) is 10.4 Å². The van der Waals surface area contributed by atoms with Crippen molar-refractivity contribution in [2.24, 2.45) is 5.11 Å². The molecule has 4 heteroatoms. The van der Waals surface area contributed by atoms with Crippen molar-refractivity contribution >= 4 is 0 Å². The third-order valence-electron chi connectivity index (χ3n) is 5.18. The van der Waals surface area contributed by atoms with Crippen LogP contribution in [0.2, 0.25) is 0 Å². The Hall–Kier alpha value is -1.17. The van der Waals surface area contributed by atoms with Crippen molar-refractivity contribution in [3.8, 4) is 11.8 Å². The second kappa shape index (κ2) is 15.1. The Bertz CT molecular complexity index is 431. The van der Waals surface area contributed by atoms with Gasteiger partial charge >= 0.3 is 0 Å². The minimum atomic E-state index is 0.355. The molecule has 0 amide bonds. The molecule has 142 valence electrons. The van der Waals surface area contributed by atoms with E-state index in [1.54, 1.807) is 0 Å². The van der Waals surface area contributed by atoms with E-state index in [4.69, 9.17) is 5.53 Å². The number of hydrogen-bond donors (Lipinski definition) is 0. The van der Waals surface area contributed by atoms with Gasteiger partial charge in [0, 0.05) is 23.9 Å². The normalized spacial score (nSPS) is 18.4. The molecule has 0 aromatic carbocycles. The summed E-state index contributed by atoms with van der Waals surface area (Å²) in [5.41, 5.74) is 8.63. The summed E-state index contributed by atoms with van der Waals surface area (Å²) in [6, 6.07) is 0.750. The number of rotatable bonds is 13. The molecule has 2 atom stereocenters. The molecule has 1 saturated heterocycles. The van der Waals surface area contributed by atoms with Gasteiger partial charge in [0.25, 0.3) is 0 Å². The van der Waals surface area contributed by atoms with Crippen LogP contribution in [0, 0.1) is 11.8 Å². The molecular formula is C21H38N4. The van der Waals surface area contributed by atoms with Crippen LogP contribution in [0.15, 0.2) is 5.11 Å². The van der Waals surface area contributed by atoms with Crippen LogP contribution in [-0.4, -0.2) is 30.1 Å². The Balaban J connectivity index is 2.47. The van der Waals surface area contributed by atoms with Crippen LogP contribution in [0.4, 0.5) is 0 Å². The molecule has 0 radical (unpaired) electrons. The first-order valence-corrected chi connectivity index (χ1v) is 10.6. The summed E-state index contributed by atoms with van der Waals surface area (Å²) in [5.74, 6) is 6.97. The largest absolute Gasteiger partial charge is 0.287 e. The number of likely N-dealkylation sites (tertiary alicyclic amines) is 1. The monoisotopic (exact) mass is 346 g/mol. The fourth-order valence-corrected chi connectivity index (χ4v) is 3.67. The Kier molecular flexibility index (Phi) is 13.2. The maximum atomic E-state index is 8.63. The summed E-state index contributed by atoms with van der Waals surface area (Å²) < 4.78 is 0. The van der Waals surface area contributed by atoms with Gasteiger partial charge in [0.2, 0.25) is 0 Å². The predicted molar refractivity (Wildman–Crippen MR) is 107 cm³/mol. The average Bonchev–Trinajstić information content (AvgIpc) is 3.09. The first kappa shape index (κ1) is 21.9. The van der Waals surface area contributed by atoms with Gasteiger partial charge in [-0.25, -0.2) is 0 Å². The molecule has 0 aliphatic carbocycles. The van der Waals surface area contributed by atoms with E-state index in [0.29, 0.717) is 18.6 Å². The molecular weight excluding hydrogens is 308 g/mol. The molecule has 0 N–H and O–H groups in total. The lowest BCUT2D eigenvalue weighted by Crippen LogP contribution is -2.39. The molecule has 1 aliphatic rings. The maximum absolute atomic E-state index is 8.63. The predicted octanol–water partition coefficient (Wildman–Crippen LogP) is 6.46. The van der Waals surface area contributed by atoms with E-state index in [0.717, 1.165) is 19.4 Å². The number of unbranched alkanes of at least 4 members (excludes halogenated alkanes) is 8. The molecule has 0 spiro atoms. The molecule has 25 heavy (non-hydrogen) atoms. The Labute approximate surface area is 155 Å². The summed E-state index contributed by atoms with van der Waals surface area (Å²) in [6.07, 6.45) is 16.3. The van der Waals surface area contributed by atoms with E-state index >= 15 is 0 Å². The average molecular weight is 347 g/mol. The van der Waals surface area contributed by atoms with Crippen molar-refractivity contribution in [3.05, 3.63) is 10.4 Å². The highest BCUT2D eigenvalue weighted by Gasteiger charge is 2.28. The molecule has 0 aromatic rings. The number of hydrogen-bond acceptors (Lipinski definition) is 2. The van der Waals surface area contributed by atoms with Gasteiger partial charge in [-0.2, -0.15) is 0 Å². The van der Waals surface area contributed by atoms with Crippen LogP contribution in [-0.2, 0) is 0 Å². The zero-order valence-electron chi connectivity index (χ0n) is 16.6. The standard InChI is InChI=1S/C21H38N4/c1-3-5-7-9-10-11-13-16-20(15-12-8-6-4-2)25-18-14-17-21(25)19-23-24-22/h20-21H,3-11,13-14,16-19H2,1-2H3/t20-,21+/m1/s1. The quantitative estimate of drug-likeness (QED) is 0.124. The number of nitrogens with zero attached hydrogens (tertiary/aromatic N) is 4. The van der Waals surface area contributed by atoms with Crippen molar-refractivity contribution in [2.45, 2.75) is 109 Å². The molecule has 1 aliphatic heterocycles. The van der Waals surface area contributed by atoms with Crippen LogP contribution >= 0.6 is 0 Å². The zero-order valence-corrected chi connectivity index (χ0v) is 16.6. The summed E-state index contributed by atoms with van der Waals surface area (Å²) >= 11 is 0. The fourth-order valence-electron chi connectivity index (χ4n) is 3.67. The molecule has 1 heterocycles. The zero-order chi connectivity index (χ0) is 18.2. The smallest absolute Gasteiger partial charge is 0.0716 e. The van der Waals surface area contributed by atoms with Crippen molar-refractivity contribution in [1.29, 1.82) is 0 Å². The fraction of sp³-hybridized carbons (Fsp3) is 0.905. The summed E-state index contributed by atoms with van der Waals surface area (Å²) in [5, 5.41) is 3.83.